The zero-order valence-corrected chi connectivity index (χ0v) is 18.1. The van der Waals surface area contributed by atoms with Crippen LogP contribution in [-0.2, 0) is 17.8 Å². The van der Waals surface area contributed by atoms with Crippen molar-refractivity contribution in [3.63, 3.8) is 0 Å². The summed E-state index contributed by atoms with van der Waals surface area (Å²) in [6.45, 7) is 3.47. The molecule has 29 heavy (non-hydrogen) atoms. The fourth-order valence-corrected chi connectivity index (χ4v) is 3.76. The van der Waals surface area contributed by atoms with Crippen LogP contribution in [0.4, 0.5) is 0 Å². The lowest BCUT2D eigenvalue weighted by Crippen LogP contribution is -2.48. The summed E-state index contributed by atoms with van der Waals surface area (Å²) in [7, 11) is 0. The minimum absolute atomic E-state index is 0.105. The molecule has 1 saturated heterocycles. The van der Waals surface area contributed by atoms with Crippen molar-refractivity contribution >= 4 is 33.4 Å². The Kier molecular flexibility index (Phi) is 6.28. The molecule has 150 valence electrons. The summed E-state index contributed by atoms with van der Waals surface area (Å²) in [6.07, 6.45) is 0.333. The van der Waals surface area contributed by atoms with Gasteiger partial charge >= 0.3 is 0 Å². The molecule has 1 aromatic heterocycles. The highest BCUT2D eigenvalue weighted by Crippen LogP contribution is 2.21. The number of hydrogen-bond acceptors (Lipinski definition) is 5. The minimum Gasteiger partial charge on any atom is -0.419 e. The van der Waals surface area contributed by atoms with Crippen LogP contribution >= 0.6 is 27.5 Å². The van der Waals surface area contributed by atoms with Crippen molar-refractivity contribution in [3.8, 4) is 11.5 Å². The van der Waals surface area contributed by atoms with Crippen molar-refractivity contribution in [2.75, 3.05) is 26.2 Å². The van der Waals surface area contributed by atoms with Crippen molar-refractivity contribution in [1.29, 1.82) is 0 Å². The predicted octanol–water partition coefficient (Wildman–Crippen LogP) is 4.04. The minimum atomic E-state index is 0.105. The van der Waals surface area contributed by atoms with E-state index in [1.807, 2.05) is 53.4 Å². The third-order valence-corrected chi connectivity index (χ3v) is 5.84. The summed E-state index contributed by atoms with van der Waals surface area (Å²) in [6, 6.07) is 15.2. The van der Waals surface area contributed by atoms with E-state index in [1.165, 1.54) is 0 Å². The molecule has 1 aliphatic rings. The molecule has 0 radical (unpaired) electrons. The Labute approximate surface area is 182 Å². The van der Waals surface area contributed by atoms with Crippen molar-refractivity contribution in [1.82, 2.24) is 20.0 Å². The van der Waals surface area contributed by atoms with E-state index < -0.39 is 0 Å². The fraction of sp³-hybridized carbons (Fsp3) is 0.286. The van der Waals surface area contributed by atoms with Crippen molar-refractivity contribution < 1.29 is 9.21 Å². The van der Waals surface area contributed by atoms with Crippen LogP contribution in [0.15, 0.2) is 57.4 Å². The quantitative estimate of drug-likeness (QED) is 0.557. The van der Waals surface area contributed by atoms with E-state index >= 15 is 0 Å². The van der Waals surface area contributed by atoms with Crippen LogP contribution < -0.4 is 0 Å². The standard InChI is InChI=1S/C21H20BrClN4O2/c22-17-7-5-15(6-8-17)21-25-24-19(29-21)14-26-9-11-27(12-10-26)20(28)13-16-3-1-2-4-18(16)23/h1-8H,9-14H2. The Morgan fingerprint density at radius 3 is 2.48 bits per heavy atom. The Morgan fingerprint density at radius 2 is 1.76 bits per heavy atom. The second-order valence-corrected chi connectivity index (χ2v) is 8.26. The van der Waals surface area contributed by atoms with E-state index in [0.717, 1.165) is 28.7 Å². The maximum absolute atomic E-state index is 12.6. The Hall–Kier alpha value is -2.22. The van der Waals surface area contributed by atoms with Gasteiger partial charge in [0, 0.05) is 41.2 Å². The second-order valence-electron chi connectivity index (χ2n) is 6.93. The first kappa shape index (κ1) is 20.1. The Balaban J connectivity index is 1.29. The number of hydrogen-bond donors (Lipinski definition) is 0. The lowest BCUT2D eigenvalue weighted by molar-refractivity contribution is -0.132. The first-order chi connectivity index (χ1) is 14.1. The summed E-state index contributed by atoms with van der Waals surface area (Å²) >= 11 is 9.59. The predicted molar refractivity (Wildman–Crippen MR) is 114 cm³/mol. The zero-order chi connectivity index (χ0) is 20.2. The smallest absolute Gasteiger partial charge is 0.247 e. The van der Waals surface area contributed by atoms with Gasteiger partial charge in [-0.3, -0.25) is 9.69 Å². The zero-order valence-electron chi connectivity index (χ0n) is 15.7. The normalized spacial score (nSPS) is 14.9. The van der Waals surface area contributed by atoms with Gasteiger partial charge in [0.05, 0.1) is 13.0 Å². The number of benzene rings is 2. The molecule has 2 heterocycles. The van der Waals surface area contributed by atoms with Gasteiger partial charge < -0.3 is 9.32 Å². The van der Waals surface area contributed by atoms with E-state index in [1.54, 1.807) is 0 Å². The molecule has 8 heteroatoms. The van der Waals surface area contributed by atoms with Crippen molar-refractivity contribution in [2.45, 2.75) is 13.0 Å². The molecule has 1 amide bonds. The second kappa shape index (κ2) is 9.07. The maximum atomic E-state index is 12.6. The van der Waals surface area contributed by atoms with Crippen LogP contribution in [0, 0.1) is 0 Å². The Bertz CT molecular complexity index is 984. The number of carbonyl (C=O) groups is 1. The number of aromatic nitrogens is 2. The molecule has 2 aromatic carbocycles. The van der Waals surface area contributed by atoms with Gasteiger partial charge in [0.2, 0.25) is 17.7 Å². The first-order valence-corrected chi connectivity index (χ1v) is 10.6. The highest BCUT2D eigenvalue weighted by molar-refractivity contribution is 9.10. The van der Waals surface area contributed by atoms with Crippen LogP contribution in [0.2, 0.25) is 5.02 Å². The molecule has 4 rings (SSSR count). The van der Waals surface area contributed by atoms with E-state index in [0.29, 0.717) is 42.9 Å². The third-order valence-electron chi connectivity index (χ3n) is 4.94. The van der Waals surface area contributed by atoms with Crippen LogP contribution in [0.5, 0.6) is 0 Å². The molecule has 0 aliphatic carbocycles. The molecule has 3 aromatic rings. The third kappa shape index (κ3) is 5.04. The summed E-state index contributed by atoms with van der Waals surface area (Å²) in [5, 5.41) is 8.94. The number of nitrogens with zero attached hydrogens (tertiary/aromatic N) is 4. The van der Waals surface area contributed by atoms with Crippen molar-refractivity contribution in [3.05, 3.63) is 69.5 Å². The maximum Gasteiger partial charge on any atom is 0.247 e. The summed E-state index contributed by atoms with van der Waals surface area (Å²) < 4.78 is 6.81. The van der Waals surface area contributed by atoms with E-state index in [2.05, 4.69) is 31.0 Å². The van der Waals surface area contributed by atoms with Gasteiger partial charge in [-0.25, -0.2) is 0 Å². The van der Waals surface area contributed by atoms with Gasteiger partial charge in [0.25, 0.3) is 0 Å². The van der Waals surface area contributed by atoms with Gasteiger partial charge in [-0.1, -0.05) is 45.7 Å². The largest absolute Gasteiger partial charge is 0.419 e. The van der Waals surface area contributed by atoms with Crippen molar-refractivity contribution in [2.24, 2.45) is 0 Å². The van der Waals surface area contributed by atoms with Gasteiger partial charge in [-0.05, 0) is 35.9 Å². The topological polar surface area (TPSA) is 62.5 Å². The van der Waals surface area contributed by atoms with Gasteiger partial charge in [0.1, 0.15) is 0 Å². The Morgan fingerprint density at radius 1 is 1.03 bits per heavy atom. The van der Waals surface area contributed by atoms with Crippen LogP contribution in [0.3, 0.4) is 0 Å². The van der Waals surface area contributed by atoms with Gasteiger partial charge in [0.15, 0.2) is 0 Å². The van der Waals surface area contributed by atoms with Gasteiger partial charge in [-0.15, -0.1) is 10.2 Å². The molecule has 6 nitrogen and oxygen atoms in total. The highest BCUT2D eigenvalue weighted by atomic mass is 79.9. The number of carbonyl (C=O) groups excluding carboxylic acids is 1. The molecule has 0 N–H and O–H groups in total. The average molecular weight is 476 g/mol. The summed E-state index contributed by atoms with van der Waals surface area (Å²) in [5.74, 6) is 1.20. The first-order valence-electron chi connectivity index (χ1n) is 9.40. The van der Waals surface area contributed by atoms with E-state index in [9.17, 15) is 4.79 Å². The van der Waals surface area contributed by atoms with E-state index in [4.69, 9.17) is 16.0 Å². The van der Waals surface area contributed by atoms with E-state index in [-0.39, 0.29) is 5.91 Å². The number of halogens is 2. The molecular weight excluding hydrogens is 456 g/mol. The summed E-state index contributed by atoms with van der Waals surface area (Å²) in [4.78, 5) is 16.7. The molecule has 1 fully saturated rings. The monoisotopic (exact) mass is 474 g/mol. The molecule has 1 aliphatic heterocycles. The molecule has 0 saturated carbocycles. The molecule has 0 atom stereocenters. The molecule has 0 bridgehead atoms. The molecule has 0 unspecified atom stereocenters. The highest BCUT2D eigenvalue weighted by Gasteiger charge is 2.23. The lowest BCUT2D eigenvalue weighted by Gasteiger charge is -2.34. The lowest BCUT2D eigenvalue weighted by atomic mass is 10.1. The molecule has 0 spiro atoms. The summed E-state index contributed by atoms with van der Waals surface area (Å²) in [5.41, 5.74) is 1.76. The van der Waals surface area contributed by atoms with Crippen LogP contribution in [0.1, 0.15) is 11.5 Å². The SMILES string of the molecule is O=C(Cc1ccccc1Cl)N1CCN(Cc2nnc(-c3ccc(Br)cc3)o2)CC1. The van der Waals surface area contributed by atoms with Crippen LogP contribution in [-0.4, -0.2) is 52.1 Å². The number of amides is 1. The molecular formula is C21H20BrClN4O2. The number of rotatable bonds is 5. The fourth-order valence-electron chi connectivity index (χ4n) is 3.29. The van der Waals surface area contributed by atoms with Gasteiger partial charge in [-0.2, -0.15) is 0 Å². The number of piperazine rings is 1. The van der Waals surface area contributed by atoms with Crippen LogP contribution in [0.25, 0.3) is 11.5 Å². The average Bonchev–Trinajstić information content (AvgIpc) is 3.19.